The van der Waals surface area contributed by atoms with Crippen LogP contribution in [0, 0.1) is 17.6 Å². The van der Waals surface area contributed by atoms with Crippen LogP contribution >= 0.6 is 11.6 Å². The monoisotopic (exact) mass is 460 g/mol. The van der Waals surface area contributed by atoms with Crippen molar-refractivity contribution in [3.8, 4) is 5.75 Å². The van der Waals surface area contributed by atoms with Crippen molar-refractivity contribution < 1.29 is 26.7 Å². The van der Waals surface area contributed by atoms with Crippen molar-refractivity contribution in [2.45, 2.75) is 43.8 Å². The molecule has 2 aliphatic heterocycles. The molecular formula is C22H27ClF2O4S. The minimum atomic E-state index is -4.08. The zero-order valence-electron chi connectivity index (χ0n) is 17.5. The van der Waals surface area contributed by atoms with Crippen LogP contribution in [0.1, 0.15) is 39.7 Å². The normalized spacial score (nSPS) is 22.2. The highest BCUT2D eigenvalue weighted by atomic mass is 35.5. The van der Waals surface area contributed by atoms with Gasteiger partial charge in [0.2, 0.25) is 0 Å². The maximum Gasteiger partial charge on any atom is 0.189 e. The Kier molecular flexibility index (Phi) is 8.25. The molecule has 0 radical (unpaired) electrons. The van der Waals surface area contributed by atoms with Gasteiger partial charge in [-0.15, -0.1) is 0 Å². The lowest BCUT2D eigenvalue weighted by Crippen LogP contribution is -2.54. The van der Waals surface area contributed by atoms with E-state index in [1.807, 2.05) is 27.7 Å². The third-order valence-electron chi connectivity index (χ3n) is 5.11. The van der Waals surface area contributed by atoms with Gasteiger partial charge in [0.25, 0.3) is 0 Å². The third kappa shape index (κ3) is 3.95. The first-order valence-electron chi connectivity index (χ1n) is 10.1. The van der Waals surface area contributed by atoms with E-state index in [9.17, 15) is 17.2 Å². The lowest BCUT2D eigenvalue weighted by Gasteiger charge is -2.46. The highest BCUT2D eigenvalue weighted by Gasteiger charge is 2.59. The summed E-state index contributed by atoms with van der Waals surface area (Å²) in [5, 5.41) is 0.384. The number of hydrogen-bond acceptors (Lipinski definition) is 4. The molecular weight excluding hydrogens is 434 g/mol. The van der Waals surface area contributed by atoms with Crippen molar-refractivity contribution >= 4 is 21.4 Å². The number of rotatable bonds is 2. The Morgan fingerprint density at radius 3 is 2.20 bits per heavy atom. The summed E-state index contributed by atoms with van der Waals surface area (Å²) >= 11 is 5.87. The van der Waals surface area contributed by atoms with Gasteiger partial charge >= 0.3 is 0 Å². The van der Waals surface area contributed by atoms with Gasteiger partial charge < -0.3 is 9.47 Å². The van der Waals surface area contributed by atoms with Crippen molar-refractivity contribution in [2.75, 3.05) is 19.8 Å². The van der Waals surface area contributed by atoms with Crippen LogP contribution in [0.3, 0.4) is 0 Å². The summed E-state index contributed by atoms with van der Waals surface area (Å²) in [6.45, 7) is 8.14. The first kappa shape index (κ1) is 24.6. The molecule has 0 aromatic heterocycles. The molecule has 1 unspecified atom stereocenters. The average molecular weight is 461 g/mol. The maximum atomic E-state index is 14.8. The van der Waals surface area contributed by atoms with Gasteiger partial charge in [-0.2, -0.15) is 0 Å². The maximum absolute atomic E-state index is 14.8. The molecule has 0 saturated carbocycles. The molecule has 8 heteroatoms. The summed E-state index contributed by atoms with van der Waals surface area (Å²) in [4.78, 5) is 0.00492. The zero-order chi connectivity index (χ0) is 22.5. The van der Waals surface area contributed by atoms with E-state index < -0.39 is 32.1 Å². The van der Waals surface area contributed by atoms with Gasteiger partial charge in [-0.1, -0.05) is 39.3 Å². The Labute approximate surface area is 182 Å². The number of ether oxygens (including phenoxy) is 2. The van der Waals surface area contributed by atoms with Crippen molar-refractivity contribution in [3.05, 3.63) is 58.6 Å². The first-order valence-corrected chi connectivity index (χ1v) is 11.9. The van der Waals surface area contributed by atoms with Crippen LogP contribution in [0.15, 0.2) is 41.3 Å². The lowest BCUT2D eigenvalue weighted by molar-refractivity contribution is -0.00653. The van der Waals surface area contributed by atoms with E-state index >= 15 is 0 Å². The van der Waals surface area contributed by atoms with E-state index in [0.29, 0.717) is 5.02 Å². The Bertz CT molecular complexity index is 964. The fraction of sp³-hybridized carbons (Fsp3) is 0.455. The van der Waals surface area contributed by atoms with Crippen LogP contribution in [0.4, 0.5) is 8.78 Å². The molecule has 2 aromatic carbocycles. The Morgan fingerprint density at radius 2 is 1.57 bits per heavy atom. The molecule has 1 saturated heterocycles. The van der Waals surface area contributed by atoms with Crippen LogP contribution < -0.4 is 4.74 Å². The number of sulfone groups is 1. The van der Waals surface area contributed by atoms with E-state index in [-0.39, 0.29) is 42.4 Å². The molecule has 0 aliphatic carbocycles. The molecule has 0 amide bonds. The van der Waals surface area contributed by atoms with E-state index in [1.54, 1.807) is 0 Å². The van der Waals surface area contributed by atoms with Crippen LogP contribution in [-0.4, -0.2) is 28.2 Å². The molecule has 2 atom stereocenters. The topological polar surface area (TPSA) is 52.6 Å². The van der Waals surface area contributed by atoms with Gasteiger partial charge in [-0.25, -0.2) is 17.2 Å². The Hall–Kier alpha value is -1.70. The summed E-state index contributed by atoms with van der Waals surface area (Å²) in [7, 11) is -4.08. The van der Waals surface area contributed by atoms with Gasteiger partial charge in [-0.3, -0.25) is 0 Å². The Balaban J connectivity index is 0.000000757. The van der Waals surface area contributed by atoms with Crippen LogP contribution in [-0.2, 0) is 19.3 Å². The molecule has 2 aromatic rings. The van der Waals surface area contributed by atoms with Gasteiger partial charge in [0.05, 0.1) is 23.7 Å². The van der Waals surface area contributed by atoms with Gasteiger partial charge in [0.15, 0.2) is 21.4 Å². The minimum absolute atomic E-state index is 0.00492. The predicted molar refractivity (Wildman–Crippen MR) is 114 cm³/mol. The highest BCUT2D eigenvalue weighted by molar-refractivity contribution is 7.92. The second-order valence-corrected chi connectivity index (χ2v) is 9.06. The van der Waals surface area contributed by atoms with Gasteiger partial charge in [0.1, 0.15) is 10.6 Å². The molecule has 0 spiro atoms. The molecule has 0 N–H and O–H groups in total. The van der Waals surface area contributed by atoms with Gasteiger partial charge in [-0.05, 0) is 42.8 Å². The quantitative estimate of drug-likeness (QED) is 0.571. The summed E-state index contributed by atoms with van der Waals surface area (Å²) < 4.78 is 65.5. The molecule has 2 aliphatic rings. The zero-order valence-corrected chi connectivity index (χ0v) is 19.1. The number of benzene rings is 2. The number of fused-ring (bicyclic) bond motifs is 3. The van der Waals surface area contributed by atoms with Crippen LogP contribution in [0.25, 0.3) is 0 Å². The SMILES string of the molecule is CC.CC.O=S(=O)(c1ccc(Cl)cc1)[C@@]12CCOCC1COc1c(F)ccc(F)c12. The van der Waals surface area contributed by atoms with Crippen molar-refractivity contribution in [1.29, 1.82) is 0 Å². The van der Waals surface area contributed by atoms with E-state index in [2.05, 4.69) is 0 Å². The lowest BCUT2D eigenvalue weighted by atomic mass is 9.79. The molecule has 4 nitrogen and oxygen atoms in total. The largest absolute Gasteiger partial charge is 0.490 e. The van der Waals surface area contributed by atoms with Gasteiger partial charge in [0, 0.05) is 17.5 Å². The smallest absolute Gasteiger partial charge is 0.189 e. The third-order valence-corrected chi connectivity index (χ3v) is 7.96. The fourth-order valence-electron chi connectivity index (χ4n) is 3.86. The van der Waals surface area contributed by atoms with Crippen molar-refractivity contribution in [2.24, 2.45) is 5.92 Å². The van der Waals surface area contributed by atoms with Crippen LogP contribution in [0.2, 0.25) is 5.02 Å². The molecule has 30 heavy (non-hydrogen) atoms. The molecule has 4 rings (SSSR count). The number of halogens is 3. The van der Waals surface area contributed by atoms with E-state index in [0.717, 1.165) is 12.1 Å². The van der Waals surface area contributed by atoms with Crippen LogP contribution in [0.5, 0.6) is 5.75 Å². The molecule has 1 fully saturated rings. The molecule has 166 valence electrons. The second-order valence-electron chi connectivity index (χ2n) is 6.41. The molecule has 0 bridgehead atoms. The Morgan fingerprint density at radius 1 is 0.967 bits per heavy atom. The highest BCUT2D eigenvalue weighted by Crippen LogP contribution is 2.53. The molecule has 2 heterocycles. The first-order chi connectivity index (χ1) is 14.4. The predicted octanol–water partition coefficient (Wildman–Crippen LogP) is 5.77. The fourth-order valence-corrected chi connectivity index (χ4v) is 6.29. The summed E-state index contributed by atoms with van der Waals surface area (Å²) in [6.07, 6.45) is 0.0133. The van der Waals surface area contributed by atoms with Crippen molar-refractivity contribution in [3.63, 3.8) is 0 Å². The number of hydrogen-bond donors (Lipinski definition) is 0. The summed E-state index contributed by atoms with van der Waals surface area (Å²) in [5.41, 5.74) is -0.244. The van der Waals surface area contributed by atoms with E-state index in [4.69, 9.17) is 21.1 Å². The van der Waals surface area contributed by atoms with E-state index in [1.165, 1.54) is 24.3 Å². The standard InChI is InChI=1S/C18H15ClF2O4S.2C2H6/c19-12-1-3-13(4-2-12)26(22,23)18-7-8-24-9-11(18)10-25-17-15(21)6-5-14(20)16(17)18;2*1-2/h1-6,11H,7-10H2;2*1-2H3/t11?,18-;;/m0../s1. The minimum Gasteiger partial charge on any atom is -0.490 e. The average Bonchev–Trinajstić information content (AvgIpc) is 2.78. The second kappa shape index (κ2) is 10.1. The van der Waals surface area contributed by atoms with Crippen molar-refractivity contribution in [1.82, 2.24) is 0 Å². The summed E-state index contributed by atoms with van der Waals surface area (Å²) in [6, 6.07) is 7.56. The summed E-state index contributed by atoms with van der Waals surface area (Å²) in [5.74, 6) is -2.57.